The van der Waals surface area contributed by atoms with Gasteiger partial charge in [0.15, 0.2) is 0 Å². The van der Waals surface area contributed by atoms with Crippen molar-refractivity contribution in [1.82, 2.24) is 0 Å². The molecule has 1 aliphatic heterocycles. The van der Waals surface area contributed by atoms with Gasteiger partial charge in [0.1, 0.15) is 5.75 Å². The molecule has 1 N–H and O–H groups in total. The number of rotatable bonds is 4. The maximum Gasteiger partial charge on any atom is 0.118 e. The highest BCUT2D eigenvalue weighted by molar-refractivity contribution is 7.99. The molecule has 1 heterocycles. The van der Waals surface area contributed by atoms with Crippen molar-refractivity contribution in [3.63, 3.8) is 0 Å². The Balaban J connectivity index is 1.76. The number of fused-ring (bicyclic) bond motifs is 1. The Kier molecular flexibility index (Phi) is 5.54. The predicted octanol–water partition coefficient (Wildman–Crippen LogP) is 6.37. The Labute approximate surface area is 177 Å². The summed E-state index contributed by atoms with van der Waals surface area (Å²) in [4.78, 5) is 3.40. The van der Waals surface area contributed by atoms with Crippen molar-refractivity contribution in [3.05, 3.63) is 89.5 Å². The van der Waals surface area contributed by atoms with E-state index in [2.05, 4.69) is 91.9 Å². The van der Waals surface area contributed by atoms with Crippen molar-refractivity contribution in [2.24, 2.45) is 0 Å². The van der Waals surface area contributed by atoms with Crippen LogP contribution in [-0.4, -0.2) is 21.2 Å². The quantitative estimate of drug-likeness (QED) is 0.548. The number of hydrogen-bond acceptors (Lipinski definition) is 4. The van der Waals surface area contributed by atoms with Gasteiger partial charge in [0.2, 0.25) is 0 Å². The lowest BCUT2D eigenvalue weighted by Crippen LogP contribution is -2.08. The van der Waals surface area contributed by atoms with Gasteiger partial charge in [-0.25, -0.2) is 0 Å². The monoisotopic (exact) mass is 402 g/mol. The lowest BCUT2D eigenvalue weighted by Gasteiger charge is -2.16. The highest BCUT2D eigenvalue weighted by atomic mass is 32.2. The lowest BCUT2D eigenvalue weighted by molar-refractivity contribution is 0.415. The molecule has 0 saturated carbocycles. The number of nitrogens with zero attached hydrogens (tertiary/aromatic N) is 1. The molecule has 0 radical (unpaired) electrons. The van der Waals surface area contributed by atoms with Crippen molar-refractivity contribution in [2.75, 3.05) is 31.4 Å². The maximum absolute atomic E-state index is 5.32. The zero-order chi connectivity index (χ0) is 20.4. The topological polar surface area (TPSA) is 24.5 Å². The zero-order valence-corrected chi connectivity index (χ0v) is 18.1. The summed E-state index contributed by atoms with van der Waals surface area (Å²) < 4.78 is 5.32. The Morgan fingerprint density at radius 2 is 1.66 bits per heavy atom. The molecule has 1 unspecified atom stereocenters. The second kappa shape index (κ2) is 8.26. The smallest absolute Gasteiger partial charge is 0.118 e. The Morgan fingerprint density at radius 3 is 2.31 bits per heavy atom. The number of anilines is 2. The summed E-state index contributed by atoms with van der Waals surface area (Å²) in [7, 11) is 5.83. The molecule has 0 aliphatic carbocycles. The van der Waals surface area contributed by atoms with Crippen LogP contribution in [0.25, 0.3) is 5.70 Å². The third kappa shape index (κ3) is 4.28. The highest BCUT2D eigenvalue weighted by Crippen LogP contribution is 2.45. The largest absolute Gasteiger partial charge is 0.497 e. The van der Waals surface area contributed by atoms with Gasteiger partial charge in [-0.05, 0) is 78.2 Å². The minimum Gasteiger partial charge on any atom is -0.497 e. The van der Waals surface area contributed by atoms with Crippen LogP contribution in [0.2, 0.25) is 0 Å². The Bertz CT molecular complexity index is 1020. The van der Waals surface area contributed by atoms with Gasteiger partial charge < -0.3 is 15.0 Å². The van der Waals surface area contributed by atoms with Gasteiger partial charge in [-0.3, -0.25) is 0 Å². The van der Waals surface area contributed by atoms with E-state index in [4.69, 9.17) is 4.74 Å². The molecule has 0 fully saturated rings. The molecule has 0 aromatic heterocycles. The van der Waals surface area contributed by atoms with E-state index in [0.717, 1.165) is 22.7 Å². The summed E-state index contributed by atoms with van der Waals surface area (Å²) in [6.07, 6.45) is 2.33. The summed E-state index contributed by atoms with van der Waals surface area (Å²) in [6.45, 7) is 2.14. The van der Waals surface area contributed by atoms with Crippen LogP contribution >= 0.6 is 11.8 Å². The summed E-state index contributed by atoms with van der Waals surface area (Å²) in [6, 6.07) is 23.7. The predicted molar refractivity (Wildman–Crippen MR) is 125 cm³/mol. The van der Waals surface area contributed by atoms with Gasteiger partial charge in [0, 0.05) is 30.4 Å². The average molecular weight is 403 g/mol. The molecular formula is C25H26N2OS. The van der Waals surface area contributed by atoms with Crippen LogP contribution < -0.4 is 15.0 Å². The standard InChI is InChI=1S/C25H26N2OS/c1-17-5-14-22-25(15-17)29-24(19-6-10-20(11-7-19)27(2)3)16-23(26-22)18-8-12-21(28-4)13-9-18/h5-16,24,26H,1-4H3. The second-order valence-corrected chi connectivity index (χ2v) is 8.64. The molecule has 0 bridgehead atoms. The number of methoxy groups -OCH3 is 1. The van der Waals surface area contributed by atoms with Gasteiger partial charge in [-0.2, -0.15) is 0 Å². The molecule has 29 heavy (non-hydrogen) atoms. The third-order valence-electron chi connectivity index (χ3n) is 5.12. The van der Waals surface area contributed by atoms with Gasteiger partial charge in [-0.1, -0.05) is 18.2 Å². The summed E-state index contributed by atoms with van der Waals surface area (Å²) >= 11 is 1.89. The molecule has 3 nitrogen and oxygen atoms in total. The molecule has 3 aromatic carbocycles. The molecule has 1 aliphatic rings. The van der Waals surface area contributed by atoms with E-state index in [1.54, 1.807) is 7.11 Å². The first-order valence-corrected chi connectivity index (χ1v) is 10.6. The van der Waals surface area contributed by atoms with Gasteiger partial charge >= 0.3 is 0 Å². The van der Waals surface area contributed by atoms with E-state index in [0.29, 0.717) is 0 Å². The Hall–Kier alpha value is -2.85. The average Bonchev–Trinajstić information content (AvgIpc) is 2.93. The molecule has 0 saturated heterocycles. The first kappa shape index (κ1) is 19.5. The van der Waals surface area contributed by atoms with E-state index in [-0.39, 0.29) is 5.25 Å². The summed E-state index contributed by atoms with van der Waals surface area (Å²) in [5.74, 6) is 0.865. The van der Waals surface area contributed by atoms with Crippen molar-refractivity contribution in [1.29, 1.82) is 0 Å². The van der Waals surface area contributed by atoms with Crippen LogP contribution in [0.4, 0.5) is 11.4 Å². The molecular weight excluding hydrogens is 376 g/mol. The van der Waals surface area contributed by atoms with Crippen molar-refractivity contribution < 1.29 is 4.74 Å². The van der Waals surface area contributed by atoms with Crippen LogP contribution in [0.15, 0.2) is 77.7 Å². The summed E-state index contributed by atoms with van der Waals surface area (Å²) in [5, 5.41) is 3.88. The molecule has 0 amide bonds. The first-order chi connectivity index (χ1) is 14.0. The fourth-order valence-corrected chi connectivity index (χ4v) is 4.68. The number of ether oxygens (including phenoxy) is 1. The third-order valence-corrected chi connectivity index (χ3v) is 6.37. The van der Waals surface area contributed by atoms with Crippen LogP contribution in [-0.2, 0) is 0 Å². The van der Waals surface area contributed by atoms with Crippen molar-refractivity contribution >= 4 is 28.8 Å². The van der Waals surface area contributed by atoms with E-state index in [9.17, 15) is 0 Å². The second-order valence-electron chi connectivity index (χ2n) is 7.46. The van der Waals surface area contributed by atoms with E-state index < -0.39 is 0 Å². The van der Waals surface area contributed by atoms with Gasteiger partial charge in [0.25, 0.3) is 0 Å². The molecule has 4 heteroatoms. The highest BCUT2D eigenvalue weighted by Gasteiger charge is 2.20. The van der Waals surface area contributed by atoms with Crippen molar-refractivity contribution in [3.8, 4) is 5.75 Å². The van der Waals surface area contributed by atoms with Crippen LogP contribution in [0.3, 0.4) is 0 Å². The molecule has 3 aromatic rings. The number of hydrogen-bond donors (Lipinski definition) is 1. The van der Waals surface area contributed by atoms with Gasteiger partial charge in [0.05, 0.1) is 18.0 Å². The van der Waals surface area contributed by atoms with E-state index in [1.807, 2.05) is 23.9 Å². The van der Waals surface area contributed by atoms with Gasteiger partial charge in [-0.15, -0.1) is 11.8 Å². The molecule has 0 spiro atoms. The zero-order valence-electron chi connectivity index (χ0n) is 17.3. The molecule has 4 rings (SSSR count). The van der Waals surface area contributed by atoms with Crippen LogP contribution in [0.5, 0.6) is 5.75 Å². The minimum atomic E-state index is 0.221. The maximum atomic E-state index is 5.32. The number of thioether (sulfide) groups is 1. The lowest BCUT2D eigenvalue weighted by atomic mass is 10.1. The number of benzene rings is 3. The minimum absolute atomic E-state index is 0.221. The Morgan fingerprint density at radius 1 is 0.931 bits per heavy atom. The fourth-order valence-electron chi connectivity index (χ4n) is 3.40. The summed E-state index contributed by atoms with van der Waals surface area (Å²) in [5.41, 5.74) is 7.19. The number of nitrogens with one attached hydrogen (secondary N) is 1. The van der Waals surface area contributed by atoms with E-state index in [1.165, 1.54) is 21.7 Å². The number of aryl methyl sites for hydroxylation is 1. The molecule has 1 atom stereocenters. The molecule has 148 valence electrons. The fraction of sp³-hybridized carbons (Fsp3) is 0.200. The SMILES string of the molecule is COc1ccc(C2=CC(c3ccc(N(C)C)cc3)Sc3cc(C)ccc3N2)cc1. The van der Waals surface area contributed by atoms with Crippen LogP contribution in [0, 0.1) is 6.92 Å². The van der Waals surface area contributed by atoms with Crippen molar-refractivity contribution in [2.45, 2.75) is 17.1 Å². The van der Waals surface area contributed by atoms with E-state index >= 15 is 0 Å². The normalized spacial score (nSPS) is 15.6. The first-order valence-electron chi connectivity index (χ1n) is 9.71. The van der Waals surface area contributed by atoms with Crippen LogP contribution in [0.1, 0.15) is 21.9 Å².